The predicted molar refractivity (Wildman–Crippen MR) is 86.6 cm³/mol. The molecule has 1 aliphatic rings. The summed E-state index contributed by atoms with van der Waals surface area (Å²) in [6.07, 6.45) is 2.50. The molecule has 1 aromatic heterocycles. The second-order valence-corrected chi connectivity index (χ2v) is 6.42. The molecular weight excluding hydrogens is 270 g/mol. The van der Waals surface area contributed by atoms with Crippen molar-refractivity contribution in [1.82, 2.24) is 15.2 Å². The molecule has 0 aromatic carbocycles. The van der Waals surface area contributed by atoms with Crippen molar-refractivity contribution in [2.24, 2.45) is 10.9 Å². The average Bonchev–Trinajstić information content (AvgIpc) is 2.90. The third kappa shape index (κ3) is 3.85. The van der Waals surface area contributed by atoms with Crippen LogP contribution in [0, 0.1) is 5.92 Å². The number of hydrogen-bond acceptors (Lipinski definition) is 4. The first-order valence-electron chi connectivity index (χ1n) is 7.17. The molecule has 1 saturated heterocycles. The molecule has 20 heavy (non-hydrogen) atoms. The SMILES string of the molecule is CN=C(NCc1csc(N(C)C)n1)N1CCC(C)CC1. The second-order valence-electron chi connectivity index (χ2n) is 5.59. The highest BCUT2D eigenvalue weighted by atomic mass is 32.1. The molecule has 5 nitrogen and oxygen atoms in total. The highest BCUT2D eigenvalue weighted by Gasteiger charge is 2.18. The van der Waals surface area contributed by atoms with Crippen LogP contribution in [0.25, 0.3) is 0 Å². The molecule has 112 valence electrons. The molecule has 1 N–H and O–H groups in total. The van der Waals surface area contributed by atoms with E-state index >= 15 is 0 Å². The van der Waals surface area contributed by atoms with Crippen LogP contribution in [0.5, 0.6) is 0 Å². The quantitative estimate of drug-likeness (QED) is 0.684. The van der Waals surface area contributed by atoms with Crippen molar-refractivity contribution in [1.29, 1.82) is 0 Å². The average molecular weight is 295 g/mol. The van der Waals surface area contributed by atoms with E-state index in [2.05, 4.69) is 32.5 Å². The molecule has 0 unspecified atom stereocenters. The van der Waals surface area contributed by atoms with E-state index in [4.69, 9.17) is 0 Å². The van der Waals surface area contributed by atoms with Gasteiger partial charge in [0.1, 0.15) is 0 Å². The molecule has 1 fully saturated rings. The lowest BCUT2D eigenvalue weighted by Crippen LogP contribution is -2.45. The van der Waals surface area contributed by atoms with Gasteiger partial charge in [-0.15, -0.1) is 11.3 Å². The minimum absolute atomic E-state index is 0.739. The van der Waals surface area contributed by atoms with Crippen LogP contribution in [0.15, 0.2) is 10.4 Å². The van der Waals surface area contributed by atoms with Gasteiger partial charge < -0.3 is 15.1 Å². The number of hydrogen-bond donors (Lipinski definition) is 1. The van der Waals surface area contributed by atoms with Crippen LogP contribution in [0.3, 0.4) is 0 Å². The van der Waals surface area contributed by atoms with Crippen LogP contribution < -0.4 is 10.2 Å². The van der Waals surface area contributed by atoms with E-state index in [0.29, 0.717) is 0 Å². The predicted octanol–water partition coefficient (Wildman–Crippen LogP) is 2.02. The van der Waals surface area contributed by atoms with Gasteiger partial charge in [0, 0.05) is 39.6 Å². The molecule has 6 heteroatoms. The standard InChI is InChI=1S/C14H25N5S/c1-11-5-7-19(8-6-11)13(15-2)16-9-12-10-20-14(17-12)18(3)4/h10-11H,5-9H2,1-4H3,(H,15,16). The Bertz CT molecular complexity index is 446. The van der Waals surface area contributed by atoms with Gasteiger partial charge in [-0.05, 0) is 18.8 Å². The minimum Gasteiger partial charge on any atom is -0.354 e. The van der Waals surface area contributed by atoms with E-state index in [1.807, 2.05) is 26.0 Å². The zero-order valence-electron chi connectivity index (χ0n) is 12.9. The molecule has 1 aliphatic heterocycles. The summed E-state index contributed by atoms with van der Waals surface area (Å²) in [4.78, 5) is 13.4. The van der Waals surface area contributed by atoms with E-state index in [0.717, 1.165) is 42.3 Å². The second kappa shape index (κ2) is 6.92. The largest absolute Gasteiger partial charge is 0.354 e. The maximum atomic E-state index is 4.58. The third-order valence-corrected chi connectivity index (χ3v) is 4.70. The number of aliphatic imine (C=N–C) groups is 1. The molecule has 0 bridgehead atoms. The van der Waals surface area contributed by atoms with Crippen molar-refractivity contribution >= 4 is 22.4 Å². The number of anilines is 1. The molecule has 0 amide bonds. The number of nitrogens with one attached hydrogen (secondary N) is 1. The van der Waals surface area contributed by atoms with E-state index in [9.17, 15) is 0 Å². The van der Waals surface area contributed by atoms with E-state index in [1.54, 1.807) is 11.3 Å². The summed E-state index contributed by atoms with van der Waals surface area (Å²) >= 11 is 1.67. The maximum absolute atomic E-state index is 4.58. The van der Waals surface area contributed by atoms with Gasteiger partial charge in [0.25, 0.3) is 0 Å². The van der Waals surface area contributed by atoms with Crippen molar-refractivity contribution < 1.29 is 0 Å². The third-order valence-electron chi connectivity index (χ3n) is 3.64. The summed E-state index contributed by atoms with van der Waals surface area (Å²) in [7, 11) is 5.89. The minimum atomic E-state index is 0.739. The number of likely N-dealkylation sites (tertiary alicyclic amines) is 1. The molecule has 0 aliphatic carbocycles. The summed E-state index contributed by atoms with van der Waals surface area (Å²) < 4.78 is 0. The number of rotatable bonds is 3. The van der Waals surface area contributed by atoms with Crippen molar-refractivity contribution in [3.05, 3.63) is 11.1 Å². The van der Waals surface area contributed by atoms with Crippen LogP contribution in [-0.4, -0.2) is 50.1 Å². The normalized spacial score (nSPS) is 17.4. The Morgan fingerprint density at radius 1 is 1.50 bits per heavy atom. The summed E-state index contributed by atoms with van der Waals surface area (Å²) in [6.45, 7) is 5.26. The number of thiazole rings is 1. The molecule has 1 aromatic rings. The van der Waals surface area contributed by atoms with Crippen LogP contribution >= 0.6 is 11.3 Å². The number of guanidine groups is 1. The Labute approximate surface area is 125 Å². The summed E-state index contributed by atoms with van der Waals surface area (Å²) in [6, 6.07) is 0. The Balaban J connectivity index is 1.87. The van der Waals surface area contributed by atoms with Crippen molar-refractivity contribution in [3.8, 4) is 0 Å². The van der Waals surface area contributed by atoms with Crippen LogP contribution in [0.2, 0.25) is 0 Å². The van der Waals surface area contributed by atoms with Gasteiger partial charge >= 0.3 is 0 Å². The highest BCUT2D eigenvalue weighted by Crippen LogP contribution is 2.18. The van der Waals surface area contributed by atoms with Crippen molar-refractivity contribution in [3.63, 3.8) is 0 Å². The smallest absolute Gasteiger partial charge is 0.193 e. The Hall–Kier alpha value is -1.30. The summed E-state index contributed by atoms with van der Waals surface area (Å²) in [5.41, 5.74) is 1.07. The lowest BCUT2D eigenvalue weighted by molar-refractivity contribution is 0.273. The molecule has 0 saturated carbocycles. The van der Waals surface area contributed by atoms with Crippen molar-refractivity contribution in [2.45, 2.75) is 26.3 Å². The molecule has 2 rings (SSSR count). The number of piperidine rings is 1. The lowest BCUT2D eigenvalue weighted by atomic mass is 10.00. The fourth-order valence-electron chi connectivity index (χ4n) is 2.31. The van der Waals surface area contributed by atoms with Gasteiger partial charge in [0.2, 0.25) is 0 Å². The maximum Gasteiger partial charge on any atom is 0.193 e. The fourth-order valence-corrected chi connectivity index (χ4v) is 3.06. The molecule has 0 radical (unpaired) electrons. The van der Waals surface area contributed by atoms with Gasteiger partial charge in [0.15, 0.2) is 11.1 Å². The first-order valence-corrected chi connectivity index (χ1v) is 8.05. The zero-order chi connectivity index (χ0) is 14.5. The van der Waals surface area contributed by atoms with Crippen molar-refractivity contribution in [2.75, 3.05) is 39.1 Å². The van der Waals surface area contributed by atoms with Crippen LogP contribution in [0.1, 0.15) is 25.5 Å². The van der Waals surface area contributed by atoms with Gasteiger partial charge in [0.05, 0.1) is 12.2 Å². The zero-order valence-corrected chi connectivity index (χ0v) is 13.7. The highest BCUT2D eigenvalue weighted by molar-refractivity contribution is 7.13. The van der Waals surface area contributed by atoms with Gasteiger partial charge in [-0.25, -0.2) is 4.98 Å². The Kier molecular flexibility index (Phi) is 5.23. The molecule has 0 atom stereocenters. The van der Waals surface area contributed by atoms with Gasteiger partial charge in [-0.1, -0.05) is 6.92 Å². The summed E-state index contributed by atoms with van der Waals surface area (Å²) in [5.74, 6) is 1.84. The molecular formula is C14H25N5S. The number of aromatic nitrogens is 1. The first-order chi connectivity index (χ1) is 9.60. The monoisotopic (exact) mass is 295 g/mol. The number of nitrogens with zero attached hydrogens (tertiary/aromatic N) is 4. The Morgan fingerprint density at radius 2 is 2.20 bits per heavy atom. The fraction of sp³-hybridized carbons (Fsp3) is 0.714. The topological polar surface area (TPSA) is 43.8 Å². The van der Waals surface area contributed by atoms with Crippen LogP contribution in [0.4, 0.5) is 5.13 Å². The van der Waals surface area contributed by atoms with E-state index < -0.39 is 0 Å². The van der Waals surface area contributed by atoms with E-state index in [1.165, 1.54) is 12.8 Å². The Morgan fingerprint density at radius 3 is 2.75 bits per heavy atom. The first kappa shape index (κ1) is 15.1. The van der Waals surface area contributed by atoms with E-state index in [-0.39, 0.29) is 0 Å². The van der Waals surface area contributed by atoms with Crippen LogP contribution in [-0.2, 0) is 6.54 Å². The lowest BCUT2D eigenvalue weighted by Gasteiger charge is -2.32. The molecule has 0 spiro atoms. The van der Waals surface area contributed by atoms with Gasteiger partial charge in [-0.3, -0.25) is 4.99 Å². The van der Waals surface area contributed by atoms with Gasteiger partial charge in [-0.2, -0.15) is 0 Å². The summed E-state index contributed by atoms with van der Waals surface area (Å²) in [5, 5.41) is 6.57. The molecule has 2 heterocycles.